The third-order valence-electron chi connectivity index (χ3n) is 3.21. The van der Waals surface area contributed by atoms with Crippen LogP contribution < -0.4 is 5.32 Å². The van der Waals surface area contributed by atoms with Crippen molar-refractivity contribution < 1.29 is 4.39 Å². The lowest BCUT2D eigenvalue weighted by Crippen LogP contribution is -2.31. The van der Waals surface area contributed by atoms with Gasteiger partial charge in [-0.05, 0) is 25.5 Å². The van der Waals surface area contributed by atoms with E-state index in [1.165, 1.54) is 6.07 Å². The molecule has 2 aromatic heterocycles. The first-order valence-corrected chi connectivity index (χ1v) is 6.12. The molecular weight excluding hydrogens is 231 g/mol. The first-order chi connectivity index (χ1) is 8.72. The van der Waals surface area contributed by atoms with Crippen LogP contribution >= 0.6 is 0 Å². The van der Waals surface area contributed by atoms with Gasteiger partial charge in [-0.25, -0.2) is 14.4 Å². The predicted molar refractivity (Wildman–Crippen MR) is 66.9 cm³/mol. The number of pyridine rings is 1. The van der Waals surface area contributed by atoms with Gasteiger partial charge in [0.1, 0.15) is 5.82 Å². The minimum absolute atomic E-state index is 0.204. The molecule has 2 aromatic rings. The molecule has 0 saturated heterocycles. The Morgan fingerprint density at radius 2 is 2.39 bits per heavy atom. The second-order valence-corrected chi connectivity index (χ2v) is 4.66. The van der Waals surface area contributed by atoms with Crippen LogP contribution in [0.15, 0.2) is 24.5 Å². The summed E-state index contributed by atoms with van der Waals surface area (Å²) in [6.07, 6.45) is 5.51. The van der Waals surface area contributed by atoms with Crippen molar-refractivity contribution in [1.82, 2.24) is 14.5 Å². The van der Waals surface area contributed by atoms with E-state index < -0.39 is 0 Å². The smallest absolute Gasteiger partial charge is 0.165 e. The lowest BCUT2D eigenvalue weighted by atomic mass is 10.1. The molecular formula is C13H15FN4. The van der Waals surface area contributed by atoms with E-state index in [9.17, 15) is 4.39 Å². The van der Waals surface area contributed by atoms with E-state index in [4.69, 9.17) is 0 Å². The van der Waals surface area contributed by atoms with Gasteiger partial charge in [0.15, 0.2) is 11.6 Å². The highest BCUT2D eigenvalue weighted by Crippen LogP contribution is 2.19. The maximum absolute atomic E-state index is 13.5. The fourth-order valence-electron chi connectivity index (χ4n) is 2.39. The topological polar surface area (TPSA) is 42.7 Å². The average Bonchev–Trinajstić information content (AvgIpc) is 2.71. The van der Waals surface area contributed by atoms with Gasteiger partial charge in [0.25, 0.3) is 0 Å². The minimum Gasteiger partial charge on any atom is -0.363 e. The molecule has 1 unspecified atom stereocenters. The SMILES string of the molecule is Cc1cn2c(n1)CCC(Nc1ncccc1F)C2. The fourth-order valence-corrected chi connectivity index (χ4v) is 2.39. The maximum atomic E-state index is 13.5. The van der Waals surface area contributed by atoms with E-state index in [-0.39, 0.29) is 11.9 Å². The second-order valence-electron chi connectivity index (χ2n) is 4.66. The Hall–Kier alpha value is -1.91. The van der Waals surface area contributed by atoms with Gasteiger partial charge in [-0.2, -0.15) is 0 Å². The molecule has 0 saturated carbocycles. The summed E-state index contributed by atoms with van der Waals surface area (Å²) in [5.41, 5.74) is 1.04. The summed E-state index contributed by atoms with van der Waals surface area (Å²) < 4.78 is 15.6. The minimum atomic E-state index is -0.301. The lowest BCUT2D eigenvalue weighted by molar-refractivity contribution is 0.472. The summed E-state index contributed by atoms with van der Waals surface area (Å²) in [5.74, 6) is 1.15. The molecule has 18 heavy (non-hydrogen) atoms. The lowest BCUT2D eigenvalue weighted by Gasteiger charge is -2.25. The first kappa shape index (κ1) is 11.2. The Morgan fingerprint density at radius 3 is 3.22 bits per heavy atom. The number of rotatable bonds is 2. The molecule has 3 rings (SSSR count). The Balaban J connectivity index is 1.75. The summed E-state index contributed by atoms with van der Waals surface area (Å²) in [6, 6.07) is 3.22. The molecule has 0 radical (unpaired) electrons. The van der Waals surface area contributed by atoms with Gasteiger partial charge in [-0.15, -0.1) is 0 Å². The standard InChI is InChI=1S/C13H15FN4/c1-9-7-18-8-10(4-5-12(18)16-9)17-13-11(14)3-2-6-15-13/h2-3,6-7,10H,4-5,8H2,1H3,(H,15,17). The molecule has 0 fully saturated rings. The third kappa shape index (κ3) is 2.08. The van der Waals surface area contributed by atoms with E-state index in [2.05, 4.69) is 19.9 Å². The molecule has 1 atom stereocenters. The van der Waals surface area contributed by atoms with Crippen LogP contribution in [0.3, 0.4) is 0 Å². The predicted octanol–water partition coefficient (Wildman–Crippen LogP) is 2.15. The molecule has 0 aliphatic carbocycles. The molecule has 0 spiro atoms. The van der Waals surface area contributed by atoms with Crippen LogP contribution in [0.25, 0.3) is 0 Å². The Morgan fingerprint density at radius 1 is 1.50 bits per heavy atom. The van der Waals surface area contributed by atoms with Crippen molar-refractivity contribution in [3.63, 3.8) is 0 Å². The Labute approximate surface area is 105 Å². The maximum Gasteiger partial charge on any atom is 0.165 e. The molecule has 0 aromatic carbocycles. The zero-order chi connectivity index (χ0) is 12.5. The summed E-state index contributed by atoms with van der Waals surface area (Å²) in [7, 11) is 0. The van der Waals surface area contributed by atoms with Crippen LogP contribution in [0.1, 0.15) is 17.9 Å². The molecule has 1 aliphatic heterocycles. The Bertz CT molecular complexity index is 564. The number of hydrogen-bond donors (Lipinski definition) is 1. The van der Waals surface area contributed by atoms with Crippen molar-refractivity contribution >= 4 is 5.82 Å². The molecule has 94 valence electrons. The van der Waals surface area contributed by atoms with Crippen LogP contribution in [-0.4, -0.2) is 20.6 Å². The number of anilines is 1. The highest BCUT2D eigenvalue weighted by Gasteiger charge is 2.20. The highest BCUT2D eigenvalue weighted by molar-refractivity contribution is 5.36. The zero-order valence-electron chi connectivity index (χ0n) is 10.2. The van der Waals surface area contributed by atoms with Gasteiger partial charge in [0.2, 0.25) is 0 Å². The van der Waals surface area contributed by atoms with Gasteiger partial charge in [-0.3, -0.25) is 0 Å². The highest BCUT2D eigenvalue weighted by atomic mass is 19.1. The van der Waals surface area contributed by atoms with Crippen LogP contribution in [-0.2, 0) is 13.0 Å². The van der Waals surface area contributed by atoms with Gasteiger partial charge in [-0.1, -0.05) is 0 Å². The summed E-state index contributed by atoms with van der Waals surface area (Å²) in [5, 5.41) is 3.16. The van der Waals surface area contributed by atoms with Crippen molar-refractivity contribution in [3.05, 3.63) is 41.9 Å². The molecule has 1 N–H and O–H groups in total. The number of aryl methyl sites for hydroxylation is 2. The number of nitrogens with zero attached hydrogens (tertiary/aromatic N) is 3. The fraction of sp³-hybridized carbons (Fsp3) is 0.385. The van der Waals surface area contributed by atoms with Gasteiger partial charge < -0.3 is 9.88 Å². The van der Waals surface area contributed by atoms with Gasteiger partial charge >= 0.3 is 0 Å². The second kappa shape index (κ2) is 4.40. The van der Waals surface area contributed by atoms with Crippen molar-refractivity contribution in [2.75, 3.05) is 5.32 Å². The van der Waals surface area contributed by atoms with E-state index >= 15 is 0 Å². The van der Waals surface area contributed by atoms with Crippen molar-refractivity contribution in [2.24, 2.45) is 0 Å². The molecule has 3 heterocycles. The summed E-state index contributed by atoms with van der Waals surface area (Å²) >= 11 is 0. The van der Waals surface area contributed by atoms with Crippen LogP contribution in [0.5, 0.6) is 0 Å². The quantitative estimate of drug-likeness (QED) is 0.883. The van der Waals surface area contributed by atoms with E-state index in [0.29, 0.717) is 5.82 Å². The van der Waals surface area contributed by atoms with Gasteiger partial charge in [0, 0.05) is 31.4 Å². The summed E-state index contributed by atoms with van der Waals surface area (Å²) in [4.78, 5) is 8.48. The van der Waals surface area contributed by atoms with Crippen molar-refractivity contribution in [3.8, 4) is 0 Å². The molecule has 0 amide bonds. The monoisotopic (exact) mass is 246 g/mol. The molecule has 4 nitrogen and oxygen atoms in total. The van der Waals surface area contributed by atoms with E-state index in [1.807, 2.05) is 13.1 Å². The number of hydrogen-bond acceptors (Lipinski definition) is 3. The molecule has 5 heteroatoms. The zero-order valence-corrected chi connectivity index (χ0v) is 10.2. The number of halogens is 1. The first-order valence-electron chi connectivity index (χ1n) is 6.12. The van der Waals surface area contributed by atoms with Crippen molar-refractivity contribution in [2.45, 2.75) is 32.4 Å². The van der Waals surface area contributed by atoms with Gasteiger partial charge in [0.05, 0.1) is 5.69 Å². The normalized spacial score (nSPS) is 18.4. The van der Waals surface area contributed by atoms with Crippen LogP contribution in [0, 0.1) is 12.7 Å². The molecule has 1 aliphatic rings. The van der Waals surface area contributed by atoms with Crippen LogP contribution in [0.2, 0.25) is 0 Å². The average molecular weight is 246 g/mol. The number of aromatic nitrogens is 3. The van der Waals surface area contributed by atoms with E-state index in [0.717, 1.165) is 30.9 Å². The largest absolute Gasteiger partial charge is 0.363 e. The summed E-state index contributed by atoms with van der Waals surface area (Å²) in [6.45, 7) is 2.80. The number of imidazole rings is 1. The van der Waals surface area contributed by atoms with Crippen LogP contribution in [0.4, 0.5) is 10.2 Å². The molecule has 0 bridgehead atoms. The van der Waals surface area contributed by atoms with Crippen molar-refractivity contribution in [1.29, 1.82) is 0 Å². The van der Waals surface area contributed by atoms with E-state index in [1.54, 1.807) is 12.3 Å². The Kier molecular flexibility index (Phi) is 2.74. The number of nitrogens with one attached hydrogen (secondary N) is 1. The number of fused-ring (bicyclic) bond motifs is 1. The third-order valence-corrected chi connectivity index (χ3v) is 3.21.